The minimum Gasteiger partial charge on any atom is -0.493 e. The quantitative estimate of drug-likeness (QED) is 0.555. The van der Waals surface area contributed by atoms with Gasteiger partial charge in [-0.25, -0.2) is 0 Å². The van der Waals surface area contributed by atoms with Gasteiger partial charge in [0.2, 0.25) is 5.75 Å². The van der Waals surface area contributed by atoms with E-state index >= 15 is 0 Å². The normalized spacial score (nSPS) is 9.86. The molecule has 0 aliphatic rings. The smallest absolute Gasteiger partial charge is 0.257 e. The Morgan fingerprint density at radius 2 is 1.86 bits per heavy atom. The zero-order valence-corrected chi connectivity index (χ0v) is 12.6. The molecule has 0 aromatic heterocycles. The predicted octanol–water partition coefficient (Wildman–Crippen LogP) is 1.81. The van der Waals surface area contributed by atoms with E-state index in [1.54, 1.807) is 0 Å². The molecule has 1 rings (SSSR count). The summed E-state index contributed by atoms with van der Waals surface area (Å²) in [6.45, 7) is 2.53. The number of ether oxygens (including phenoxy) is 3. The van der Waals surface area contributed by atoms with Crippen LogP contribution in [-0.2, 0) is 4.79 Å². The summed E-state index contributed by atoms with van der Waals surface area (Å²) in [5, 5.41) is 2.75. The van der Waals surface area contributed by atoms with E-state index in [1.165, 1.54) is 26.4 Å². The van der Waals surface area contributed by atoms with E-state index in [9.17, 15) is 9.59 Å². The van der Waals surface area contributed by atoms with E-state index in [0.29, 0.717) is 35.6 Å². The Balaban J connectivity index is 2.77. The number of nitrogens with one attached hydrogen (secondary N) is 1. The van der Waals surface area contributed by atoms with Gasteiger partial charge in [0, 0.05) is 12.1 Å². The Morgan fingerprint density at radius 3 is 2.33 bits per heavy atom. The standard InChI is InChI=1S/C15H21NO5/c1-4-5-6-16-14(18)10-21-15-12(19-2)7-11(9-17)8-13(15)20-3/h7-9H,4-6,10H2,1-3H3,(H,16,18). The maximum absolute atomic E-state index is 11.6. The lowest BCUT2D eigenvalue weighted by molar-refractivity contribution is -0.123. The van der Waals surface area contributed by atoms with Crippen LogP contribution in [0.4, 0.5) is 0 Å². The fraction of sp³-hybridized carbons (Fsp3) is 0.467. The van der Waals surface area contributed by atoms with Crippen LogP contribution in [0, 0.1) is 0 Å². The molecule has 0 spiro atoms. The van der Waals surface area contributed by atoms with Gasteiger partial charge in [-0.2, -0.15) is 0 Å². The van der Waals surface area contributed by atoms with Crippen LogP contribution < -0.4 is 19.5 Å². The van der Waals surface area contributed by atoms with Crippen molar-refractivity contribution in [3.63, 3.8) is 0 Å². The lowest BCUT2D eigenvalue weighted by atomic mass is 10.2. The lowest BCUT2D eigenvalue weighted by Crippen LogP contribution is -2.29. The highest BCUT2D eigenvalue weighted by Crippen LogP contribution is 2.38. The Hall–Kier alpha value is -2.24. The third-order valence-electron chi connectivity index (χ3n) is 2.82. The molecule has 0 radical (unpaired) electrons. The molecule has 0 fully saturated rings. The van der Waals surface area contributed by atoms with Crippen molar-refractivity contribution >= 4 is 12.2 Å². The molecule has 0 heterocycles. The van der Waals surface area contributed by atoms with Crippen LogP contribution in [0.1, 0.15) is 30.1 Å². The number of hydrogen-bond donors (Lipinski definition) is 1. The molecule has 0 bridgehead atoms. The first-order valence-corrected chi connectivity index (χ1v) is 6.76. The molecule has 0 aliphatic carbocycles. The zero-order chi connectivity index (χ0) is 15.7. The van der Waals surface area contributed by atoms with Crippen molar-refractivity contribution in [1.82, 2.24) is 5.32 Å². The van der Waals surface area contributed by atoms with E-state index in [-0.39, 0.29) is 12.5 Å². The highest BCUT2D eigenvalue weighted by Gasteiger charge is 2.15. The summed E-state index contributed by atoms with van der Waals surface area (Å²) in [5.74, 6) is 0.777. The van der Waals surface area contributed by atoms with Crippen molar-refractivity contribution < 1.29 is 23.8 Å². The third-order valence-corrected chi connectivity index (χ3v) is 2.82. The average molecular weight is 295 g/mol. The van der Waals surface area contributed by atoms with Crippen LogP contribution >= 0.6 is 0 Å². The topological polar surface area (TPSA) is 73.9 Å². The van der Waals surface area contributed by atoms with Crippen LogP contribution in [0.3, 0.4) is 0 Å². The minimum absolute atomic E-state index is 0.142. The first kappa shape index (κ1) is 16.8. The fourth-order valence-electron chi connectivity index (χ4n) is 1.70. The maximum Gasteiger partial charge on any atom is 0.257 e. The third kappa shape index (κ3) is 4.98. The Kier molecular flexibility index (Phi) is 7.08. The molecule has 116 valence electrons. The number of unbranched alkanes of at least 4 members (excludes halogenated alkanes) is 1. The van der Waals surface area contributed by atoms with Crippen molar-refractivity contribution in [3.8, 4) is 17.2 Å². The summed E-state index contributed by atoms with van der Waals surface area (Å²) < 4.78 is 15.8. The zero-order valence-electron chi connectivity index (χ0n) is 12.6. The molecule has 6 heteroatoms. The average Bonchev–Trinajstić information content (AvgIpc) is 2.52. The molecular formula is C15H21NO5. The SMILES string of the molecule is CCCCNC(=O)COc1c(OC)cc(C=O)cc1OC. The number of rotatable bonds is 9. The minimum atomic E-state index is -0.216. The first-order valence-electron chi connectivity index (χ1n) is 6.76. The van der Waals surface area contributed by atoms with Crippen LogP contribution in [-0.4, -0.2) is 39.6 Å². The van der Waals surface area contributed by atoms with Gasteiger partial charge >= 0.3 is 0 Å². The highest BCUT2D eigenvalue weighted by atomic mass is 16.5. The van der Waals surface area contributed by atoms with E-state index in [0.717, 1.165) is 12.8 Å². The lowest BCUT2D eigenvalue weighted by Gasteiger charge is -2.14. The Labute approximate surface area is 124 Å². The van der Waals surface area contributed by atoms with E-state index < -0.39 is 0 Å². The van der Waals surface area contributed by atoms with Gasteiger partial charge in [-0.1, -0.05) is 13.3 Å². The van der Waals surface area contributed by atoms with Crippen molar-refractivity contribution in [3.05, 3.63) is 17.7 Å². The van der Waals surface area contributed by atoms with E-state index in [4.69, 9.17) is 14.2 Å². The van der Waals surface area contributed by atoms with Gasteiger partial charge in [-0.15, -0.1) is 0 Å². The van der Waals surface area contributed by atoms with Gasteiger partial charge in [-0.3, -0.25) is 9.59 Å². The van der Waals surface area contributed by atoms with E-state index in [2.05, 4.69) is 5.32 Å². The molecule has 0 aliphatic heterocycles. The first-order chi connectivity index (χ1) is 10.2. The fourth-order valence-corrected chi connectivity index (χ4v) is 1.70. The van der Waals surface area contributed by atoms with Crippen LogP contribution in [0.2, 0.25) is 0 Å². The number of hydrogen-bond acceptors (Lipinski definition) is 5. The summed E-state index contributed by atoms with van der Waals surface area (Å²) in [6, 6.07) is 3.06. The Bertz CT molecular complexity index is 462. The summed E-state index contributed by atoms with van der Waals surface area (Å²) in [6.07, 6.45) is 2.62. The summed E-state index contributed by atoms with van der Waals surface area (Å²) in [4.78, 5) is 22.5. The van der Waals surface area contributed by atoms with Crippen molar-refractivity contribution in [2.24, 2.45) is 0 Å². The van der Waals surface area contributed by atoms with E-state index in [1.807, 2.05) is 6.92 Å². The summed E-state index contributed by atoms with van der Waals surface area (Å²) >= 11 is 0. The van der Waals surface area contributed by atoms with Crippen molar-refractivity contribution in [1.29, 1.82) is 0 Å². The molecule has 0 unspecified atom stereocenters. The summed E-state index contributed by atoms with van der Waals surface area (Å²) in [7, 11) is 2.91. The maximum atomic E-state index is 11.6. The number of carbonyl (C=O) groups is 2. The monoisotopic (exact) mass is 295 g/mol. The van der Waals surface area contributed by atoms with Gasteiger partial charge in [0.25, 0.3) is 5.91 Å². The number of carbonyl (C=O) groups excluding carboxylic acids is 2. The van der Waals surface area contributed by atoms with Gasteiger partial charge in [0.1, 0.15) is 6.29 Å². The molecule has 0 saturated carbocycles. The number of methoxy groups -OCH3 is 2. The molecule has 1 N–H and O–H groups in total. The molecule has 1 amide bonds. The molecule has 1 aromatic rings. The second-order valence-electron chi connectivity index (χ2n) is 4.36. The highest BCUT2D eigenvalue weighted by molar-refractivity contribution is 5.79. The second kappa shape index (κ2) is 8.84. The van der Waals surface area contributed by atoms with Gasteiger partial charge < -0.3 is 19.5 Å². The van der Waals surface area contributed by atoms with Gasteiger partial charge in [0.05, 0.1) is 14.2 Å². The molecule has 6 nitrogen and oxygen atoms in total. The molecule has 1 aromatic carbocycles. The van der Waals surface area contributed by atoms with Gasteiger partial charge in [-0.05, 0) is 18.6 Å². The molecular weight excluding hydrogens is 274 g/mol. The molecule has 0 saturated heterocycles. The largest absolute Gasteiger partial charge is 0.493 e. The second-order valence-corrected chi connectivity index (χ2v) is 4.36. The number of amides is 1. The van der Waals surface area contributed by atoms with Crippen molar-refractivity contribution in [2.75, 3.05) is 27.4 Å². The van der Waals surface area contributed by atoms with Gasteiger partial charge in [0.15, 0.2) is 18.1 Å². The van der Waals surface area contributed by atoms with Crippen LogP contribution in [0.25, 0.3) is 0 Å². The van der Waals surface area contributed by atoms with Crippen LogP contribution in [0.15, 0.2) is 12.1 Å². The molecule has 0 atom stereocenters. The Morgan fingerprint density at radius 1 is 1.24 bits per heavy atom. The van der Waals surface area contributed by atoms with Crippen LogP contribution in [0.5, 0.6) is 17.2 Å². The predicted molar refractivity (Wildman–Crippen MR) is 78.3 cm³/mol. The number of benzene rings is 1. The summed E-state index contributed by atoms with van der Waals surface area (Å²) in [5.41, 5.74) is 0.406. The number of aldehydes is 1. The van der Waals surface area contributed by atoms with Crippen molar-refractivity contribution in [2.45, 2.75) is 19.8 Å². The molecule has 21 heavy (non-hydrogen) atoms.